The number of nitrogens with one attached hydrogen (secondary N) is 1. The molecule has 9 heteroatoms. The molecule has 190 valence electrons. The van der Waals surface area contributed by atoms with Gasteiger partial charge in [0.15, 0.2) is 5.82 Å². The van der Waals surface area contributed by atoms with Gasteiger partial charge in [-0.3, -0.25) is 9.69 Å². The van der Waals surface area contributed by atoms with Crippen molar-refractivity contribution < 1.29 is 9.90 Å². The molecule has 3 atom stereocenters. The van der Waals surface area contributed by atoms with Crippen molar-refractivity contribution in [3.63, 3.8) is 0 Å². The number of nitrogens with zero attached hydrogens (tertiary/aromatic N) is 4. The lowest BCUT2D eigenvalue weighted by molar-refractivity contribution is -0.143. The second kappa shape index (κ2) is 11.3. The van der Waals surface area contributed by atoms with Gasteiger partial charge in [0.25, 0.3) is 0 Å². The molecule has 2 saturated heterocycles. The number of aromatic nitrogens is 2. The van der Waals surface area contributed by atoms with Crippen molar-refractivity contribution in [2.75, 3.05) is 36.4 Å². The molecule has 2 aliphatic rings. The fraction of sp³-hybridized carbons (Fsp3) is 0.577. The average Bonchev–Trinajstić information content (AvgIpc) is 2.85. The van der Waals surface area contributed by atoms with Crippen LogP contribution < -0.4 is 10.2 Å². The molecule has 2 aromatic rings. The predicted octanol–water partition coefficient (Wildman–Crippen LogP) is 5.67. The number of aliphatic carboxylic acids is 1. The Hall–Kier alpha value is -2.09. The Labute approximate surface area is 217 Å². The molecular weight excluding hydrogens is 485 g/mol. The number of piperidine rings is 2. The summed E-state index contributed by atoms with van der Waals surface area (Å²) in [6, 6.07) is 5.56. The summed E-state index contributed by atoms with van der Waals surface area (Å²) < 4.78 is 0. The van der Waals surface area contributed by atoms with Crippen molar-refractivity contribution in [3.05, 3.63) is 45.6 Å². The van der Waals surface area contributed by atoms with Gasteiger partial charge in [0.05, 0.1) is 12.2 Å². The quantitative estimate of drug-likeness (QED) is 0.487. The summed E-state index contributed by atoms with van der Waals surface area (Å²) in [6.45, 7) is 9.38. The van der Waals surface area contributed by atoms with Gasteiger partial charge in [0.2, 0.25) is 5.95 Å². The molecule has 0 amide bonds. The summed E-state index contributed by atoms with van der Waals surface area (Å²) >= 11 is 12.9. The first kappa shape index (κ1) is 26.0. The lowest BCUT2D eigenvalue weighted by atomic mass is 9.79. The maximum atomic E-state index is 11.4. The van der Waals surface area contributed by atoms with Crippen molar-refractivity contribution in [2.45, 2.75) is 58.5 Å². The van der Waals surface area contributed by atoms with Crippen molar-refractivity contribution >= 4 is 40.9 Å². The predicted molar refractivity (Wildman–Crippen MR) is 142 cm³/mol. The second-order valence-electron chi connectivity index (χ2n) is 9.99. The van der Waals surface area contributed by atoms with Crippen LogP contribution in [0.25, 0.3) is 0 Å². The van der Waals surface area contributed by atoms with E-state index in [0.29, 0.717) is 28.6 Å². The molecule has 35 heavy (non-hydrogen) atoms. The number of rotatable bonds is 7. The average molecular weight is 521 g/mol. The minimum absolute atomic E-state index is 0.0588. The zero-order valence-corrected chi connectivity index (χ0v) is 22.2. The number of aryl methyl sites for hydroxylation is 1. The Morgan fingerprint density at radius 3 is 2.54 bits per heavy atom. The maximum absolute atomic E-state index is 11.4. The molecule has 2 N–H and O–H groups in total. The van der Waals surface area contributed by atoms with E-state index in [-0.39, 0.29) is 6.04 Å². The molecule has 1 aromatic heterocycles. The maximum Gasteiger partial charge on any atom is 0.320 e. The van der Waals surface area contributed by atoms with Crippen molar-refractivity contribution in [2.24, 2.45) is 11.8 Å². The Kier molecular flexibility index (Phi) is 8.40. The third kappa shape index (κ3) is 6.19. The number of carboxylic acids is 1. The number of carboxylic acid groups (broad SMARTS) is 1. The van der Waals surface area contributed by atoms with Crippen LogP contribution in [-0.4, -0.2) is 58.2 Å². The van der Waals surface area contributed by atoms with E-state index in [0.717, 1.165) is 61.6 Å². The Bertz CT molecular complexity index is 1040. The molecule has 7 nitrogen and oxygen atoms in total. The van der Waals surface area contributed by atoms with Crippen LogP contribution in [0.5, 0.6) is 0 Å². The van der Waals surface area contributed by atoms with Crippen LogP contribution in [0.15, 0.2) is 24.4 Å². The van der Waals surface area contributed by atoms with E-state index in [1.807, 2.05) is 32.0 Å². The van der Waals surface area contributed by atoms with Gasteiger partial charge in [-0.05, 0) is 82.0 Å². The first-order valence-corrected chi connectivity index (χ1v) is 13.3. The topological polar surface area (TPSA) is 81.6 Å². The highest BCUT2D eigenvalue weighted by atomic mass is 35.5. The van der Waals surface area contributed by atoms with Gasteiger partial charge in [0.1, 0.15) is 11.1 Å². The molecule has 4 rings (SSSR count). The van der Waals surface area contributed by atoms with Gasteiger partial charge in [-0.15, -0.1) is 0 Å². The normalized spacial score (nSPS) is 21.5. The van der Waals surface area contributed by atoms with Gasteiger partial charge in [-0.2, -0.15) is 4.98 Å². The molecule has 1 aromatic carbocycles. The molecule has 2 unspecified atom stereocenters. The Morgan fingerprint density at radius 1 is 1.11 bits per heavy atom. The number of halogens is 2. The zero-order chi connectivity index (χ0) is 25.1. The van der Waals surface area contributed by atoms with Crippen molar-refractivity contribution in [1.82, 2.24) is 14.9 Å². The van der Waals surface area contributed by atoms with E-state index >= 15 is 0 Å². The number of benzene rings is 1. The van der Waals surface area contributed by atoms with Crippen molar-refractivity contribution in [3.8, 4) is 0 Å². The molecule has 2 fully saturated rings. The molecule has 0 aliphatic carbocycles. The first-order chi connectivity index (χ1) is 16.7. The van der Waals surface area contributed by atoms with Crippen LogP contribution in [0.2, 0.25) is 10.0 Å². The third-order valence-corrected chi connectivity index (χ3v) is 8.19. The fourth-order valence-electron chi connectivity index (χ4n) is 5.38. The molecule has 0 spiro atoms. The lowest BCUT2D eigenvalue weighted by Gasteiger charge is -2.42. The smallest absolute Gasteiger partial charge is 0.320 e. The van der Waals surface area contributed by atoms with Crippen LogP contribution in [0.4, 0.5) is 11.8 Å². The number of hydrogen-bond donors (Lipinski definition) is 2. The SMILES string of the molecule is Cc1ccc([C@@H](C)Nc2nc(N3CCC(C4CCCN(C(C)C(=O)O)C4)CC3)ncc2Cl)c(Cl)c1. The van der Waals surface area contributed by atoms with Gasteiger partial charge < -0.3 is 15.3 Å². The van der Waals surface area contributed by atoms with Crippen LogP contribution in [-0.2, 0) is 4.79 Å². The van der Waals surface area contributed by atoms with Gasteiger partial charge >= 0.3 is 5.97 Å². The van der Waals surface area contributed by atoms with Crippen molar-refractivity contribution in [1.29, 1.82) is 0 Å². The summed E-state index contributed by atoms with van der Waals surface area (Å²) in [6.07, 6.45) is 6.03. The van der Waals surface area contributed by atoms with E-state index in [1.165, 1.54) is 6.42 Å². The fourth-order valence-corrected chi connectivity index (χ4v) is 5.93. The van der Waals surface area contributed by atoms with Crippen LogP contribution in [0.1, 0.15) is 56.7 Å². The monoisotopic (exact) mass is 519 g/mol. The Balaban J connectivity index is 1.38. The van der Waals surface area contributed by atoms with E-state index < -0.39 is 12.0 Å². The molecule has 3 heterocycles. The van der Waals surface area contributed by atoms with Crippen LogP contribution in [0.3, 0.4) is 0 Å². The first-order valence-electron chi connectivity index (χ1n) is 12.5. The van der Waals surface area contributed by atoms with Crippen LogP contribution in [0, 0.1) is 18.8 Å². The molecule has 0 radical (unpaired) electrons. The minimum atomic E-state index is -0.733. The summed E-state index contributed by atoms with van der Waals surface area (Å²) in [5.41, 5.74) is 2.11. The van der Waals surface area contributed by atoms with E-state index in [4.69, 9.17) is 28.2 Å². The molecule has 0 bridgehead atoms. The van der Waals surface area contributed by atoms with Gasteiger partial charge in [-0.1, -0.05) is 35.3 Å². The lowest BCUT2D eigenvalue weighted by Crippen LogP contribution is -2.48. The number of likely N-dealkylation sites (tertiary alicyclic amines) is 1. The number of hydrogen-bond acceptors (Lipinski definition) is 6. The molecule has 0 saturated carbocycles. The summed E-state index contributed by atoms with van der Waals surface area (Å²) in [5.74, 6) is 1.71. The minimum Gasteiger partial charge on any atom is -0.480 e. The zero-order valence-electron chi connectivity index (χ0n) is 20.7. The van der Waals surface area contributed by atoms with Crippen LogP contribution >= 0.6 is 23.2 Å². The standard InChI is InChI=1S/C26H35Cl2N5O2/c1-16-6-7-21(22(27)13-16)17(2)30-24-23(28)14-29-26(31-24)32-11-8-19(9-12-32)20-5-4-10-33(15-20)18(3)25(34)35/h6-7,13-14,17-20H,4-5,8-12,15H2,1-3H3,(H,34,35)(H,29,30,31)/t17-,18?,20?/m1/s1. The van der Waals surface area contributed by atoms with Gasteiger partial charge in [0, 0.05) is 24.7 Å². The van der Waals surface area contributed by atoms with E-state index in [2.05, 4.69) is 20.1 Å². The highest BCUT2D eigenvalue weighted by Gasteiger charge is 2.33. The largest absolute Gasteiger partial charge is 0.480 e. The highest BCUT2D eigenvalue weighted by molar-refractivity contribution is 6.33. The second-order valence-corrected chi connectivity index (χ2v) is 10.8. The summed E-state index contributed by atoms with van der Waals surface area (Å²) in [4.78, 5) is 25.0. The Morgan fingerprint density at radius 2 is 1.86 bits per heavy atom. The molecule has 2 aliphatic heterocycles. The number of anilines is 2. The van der Waals surface area contributed by atoms with E-state index in [9.17, 15) is 9.90 Å². The summed E-state index contributed by atoms with van der Waals surface area (Å²) in [7, 11) is 0. The third-order valence-electron chi connectivity index (χ3n) is 7.59. The van der Waals surface area contributed by atoms with E-state index in [1.54, 1.807) is 13.1 Å². The molecular formula is C26H35Cl2N5O2. The highest BCUT2D eigenvalue weighted by Crippen LogP contribution is 2.34. The van der Waals surface area contributed by atoms with Gasteiger partial charge in [-0.25, -0.2) is 4.98 Å². The number of carbonyl (C=O) groups is 1. The summed E-state index contributed by atoms with van der Waals surface area (Å²) in [5, 5.41) is 14.0.